The molecule has 0 saturated heterocycles. The molecule has 0 rings (SSSR count). The molecule has 10 nitrogen and oxygen atoms in total. The van der Waals surface area contributed by atoms with E-state index in [1.54, 1.807) is 0 Å². The lowest BCUT2D eigenvalue weighted by molar-refractivity contribution is -0.156. The average Bonchev–Trinajstić information content (AvgIpc) is 3.28. The van der Waals surface area contributed by atoms with E-state index in [0.29, 0.717) is 32.5 Å². The Morgan fingerprint density at radius 1 is 0.468 bits per heavy atom. The lowest BCUT2D eigenvalue weighted by atomic mass is 10.1. The van der Waals surface area contributed by atoms with E-state index in [1.165, 1.54) is 77.0 Å². The Bertz CT molecular complexity index is 1110. The molecule has 360 valence electrons. The van der Waals surface area contributed by atoms with Crippen molar-refractivity contribution in [1.29, 1.82) is 0 Å². The number of carbonyl (C=O) groups excluding carboxylic acids is 3. The van der Waals surface area contributed by atoms with Crippen molar-refractivity contribution in [2.45, 2.75) is 201 Å². The van der Waals surface area contributed by atoms with E-state index in [9.17, 15) is 14.4 Å². The minimum absolute atomic E-state index is 0.0357. The van der Waals surface area contributed by atoms with E-state index in [4.69, 9.17) is 28.4 Å². The SMILES string of the molecule is CCCCC/C=C\C/C=C\CCCCCCCC(=O)OCC(COC(=O)CCC(OC/C=C\CCCCCC)OC/C=C\CCCCCC)COC(=O)OCCCN(CC)CC. The number of nitrogens with zero attached hydrogens (tertiary/aromatic N) is 1. The van der Waals surface area contributed by atoms with Crippen molar-refractivity contribution in [1.82, 2.24) is 4.90 Å². The number of esters is 2. The van der Waals surface area contributed by atoms with Gasteiger partial charge >= 0.3 is 18.1 Å². The fourth-order valence-corrected chi connectivity index (χ4v) is 6.53. The summed E-state index contributed by atoms with van der Waals surface area (Å²) < 4.78 is 33.9. The minimum Gasteiger partial charge on any atom is -0.465 e. The number of unbranched alkanes of at least 4 members (excludes halogenated alkanes) is 16. The number of hydrogen-bond donors (Lipinski definition) is 0. The van der Waals surface area contributed by atoms with Crippen LogP contribution in [0.5, 0.6) is 0 Å². The summed E-state index contributed by atoms with van der Waals surface area (Å²) in [6.07, 6.45) is 41.4. The third kappa shape index (κ3) is 42.4. The Morgan fingerprint density at radius 3 is 1.47 bits per heavy atom. The van der Waals surface area contributed by atoms with Crippen molar-refractivity contribution in [3.8, 4) is 0 Å². The van der Waals surface area contributed by atoms with Crippen molar-refractivity contribution in [3.05, 3.63) is 48.6 Å². The molecule has 0 fully saturated rings. The summed E-state index contributed by atoms with van der Waals surface area (Å²) in [4.78, 5) is 40.3. The number of rotatable bonds is 45. The lowest BCUT2D eigenvalue weighted by Crippen LogP contribution is -2.27. The van der Waals surface area contributed by atoms with Crippen LogP contribution in [0, 0.1) is 5.92 Å². The molecular weight excluding hydrogens is 783 g/mol. The Kier molecular flexibility index (Phi) is 45.3. The molecule has 0 amide bonds. The van der Waals surface area contributed by atoms with E-state index in [0.717, 1.165) is 77.4 Å². The summed E-state index contributed by atoms with van der Waals surface area (Å²) in [5.74, 6) is -1.28. The molecular formula is C52H93NO9. The van der Waals surface area contributed by atoms with Crippen LogP contribution in [-0.2, 0) is 38.0 Å². The fourth-order valence-electron chi connectivity index (χ4n) is 6.53. The van der Waals surface area contributed by atoms with Crippen LogP contribution in [0.2, 0.25) is 0 Å². The number of ether oxygens (including phenoxy) is 6. The predicted molar refractivity (Wildman–Crippen MR) is 255 cm³/mol. The Labute approximate surface area is 380 Å². The molecule has 0 bridgehead atoms. The third-order valence-corrected chi connectivity index (χ3v) is 10.6. The molecule has 1 unspecified atom stereocenters. The third-order valence-electron chi connectivity index (χ3n) is 10.6. The van der Waals surface area contributed by atoms with E-state index in [2.05, 4.69) is 76.0 Å². The Balaban J connectivity index is 4.95. The molecule has 0 radical (unpaired) electrons. The van der Waals surface area contributed by atoms with Gasteiger partial charge in [-0.2, -0.15) is 0 Å². The summed E-state index contributed by atoms with van der Waals surface area (Å²) in [7, 11) is 0. The van der Waals surface area contributed by atoms with Gasteiger partial charge in [0.05, 0.1) is 32.2 Å². The van der Waals surface area contributed by atoms with Gasteiger partial charge in [0.25, 0.3) is 0 Å². The molecule has 1 atom stereocenters. The first-order valence-corrected chi connectivity index (χ1v) is 25.1. The number of allylic oxidation sites excluding steroid dienone is 6. The molecule has 0 aliphatic rings. The summed E-state index contributed by atoms with van der Waals surface area (Å²) in [6.45, 7) is 14.4. The highest BCUT2D eigenvalue weighted by molar-refractivity contribution is 5.69. The van der Waals surface area contributed by atoms with Crippen LogP contribution in [0.25, 0.3) is 0 Å². The van der Waals surface area contributed by atoms with Gasteiger partial charge in [0.2, 0.25) is 0 Å². The quantitative estimate of drug-likeness (QED) is 0.0193. The van der Waals surface area contributed by atoms with Crippen LogP contribution in [0.1, 0.15) is 195 Å². The van der Waals surface area contributed by atoms with Crippen LogP contribution >= 0.6 is 0 Å². The Morgan fingerprint density at radius 2 is 0.919 bits per heavy atom. The second-order valence-electron chi connectivity index (χ2n) is 16.3. The molecule has 0 aliphatic heterocycles. The average molecular weight is 876 g/mol. The van der Waals surface area contributed by atoms with Crippen LogP contribution in [0.15, 0.2) is 48.6 Å². The fraction of sp³-hybridized carbons (Fsp3) is 0.788. The molecule has 0 N–H and O–H groups in total. The summed E-state index contributed by atoms with van der Waals surface area (Å²) in [5.41, 5.74) is 0. The molecule has 0 aromatic rings. The summed E-state index contributed by atoms with van der Waals surface area (Å²) >= 11 is 0. The zero-order valence-electron chi connectivity index (χ0n) is 40.4. The first-order valence-electron chi connectivity index (χ1n) is 25.1. The largest absolute Gasteiger partial charge is 0.508 e. The van der Waals surface area contributed by atoms with E-state index in [-0.39, 0.29) is 38.8 Å². The molecule has 0 aromatic heterocycles. The van der Waals surface area contributed by atoms with Crippen molar-refractivity contribution >= 4 is 18.1 Å². The van der Waals surface area contributed by atoms with Crippen molar-refractivity contribution in [3.63, 3.8) is 0 Å². The number of carbonyl (C=O) groups is 3. The van der Waals surface area contributed by atoms with Crippen LogP contribution in [0.3, 0.4) is 0 Å². The van der Waals surface area contributed by atoms with Gasteiger partial charge in [-0.05, 0) is 83.7 Å². The second kappa shape index (κ2) is 47.5. The van der Waals surface area contributed by atoms with Crippen LogP contribution in [-0.4, -0.2) is 88.6 Å². The minimum atomic E-state index is -0.792. The number of hydrogen-bond acceptors (Lipinski definition) is 10. The van der Waals surface area contributed by atoms with E-state index >= 15 is 0 Å². The maximum Gasteiger partial charge on any atom is 0.508 e. The molecule has 62 heavy (non-hydrogen) atoms. The summed E-state index contributed by atoms with van der Waals surface area (Å²) in [6, 6.07) is 0. The van der Waals surface area contributed by atoms with Crippen LogP contribution < -0.4 is 0 Å². The van der Waals surface area contributed by atoms with Crippen molar-refractivity contribution in [2.24, 2.45) is 5.92 Å². The molecule has 0 saturated carbocycles. The molecule has 0 aliphatic carbocycles. The maximum absolute atomic E-state index is 13.0. The molecule has 0 aromatic carbocycles. The smallest absolute Gasteiger partial charge is 0.465 e. The van der Waals surface area contributed by atoms with E-state index in [1.807, 2.05) is 12.2 Å². The van der Waals surface area contributed by atoms with Crippen molar-refractivity contribution in [2.75, 3.05) is 59.3 Å². The zero-order valence-corrected chi connectivity index (χ0v) is 40.4. The normalized spacial score (nSPS) is 12.5. The van der Waals surface area contributed by atoms with Gasteiger partial charge in [0, 0.05) is 19.4 Å². The highest BCUT2D eigenvalue weighted by atomic mass is 16.7. The zero-order chi connectivity index (χ0) is 45.4. The van der Waals surface area contributed by atoms with Crippen molar-refractivity contribution < 1.29 is 42.8 Å². The van der Waals surface area contributed by atoms with Gasteiger partial charge in [-0.25, -0.2) is 4.79 Å². The van der Waals surface area contributed by atoms with Gasteiger partial charge < -0.3 is 33.3 Å². The first-order chi connectivity index (χ1) is 30.4. The Hall–Kier alpha value is -2.95. The lowest BCUT2D eigenvalue weighted by Gasteiger charge is -2.19. The predicted octanol–water partition coefficient (Wildman–Crippen LogP) is 13.6. The topological polar surface area (TPSA) is 110 Å². The van der Waals surface area contributed by atoms with Gasteiger partial charge in [0.1, 0.15) is 19.8 Å². The highest BCUT2D eigenvalue weighted by Gasteiger charge is 2.19. The van der Waals surface area contributed by atoms with E-state index < -0.39 is 24.3 Å². The van der Waals surface area contributed by atoms with Gasteiger partial charge in [-0.1, -0.05) is 154 Å². The molecule has 0 spiro atoms. The highest BCUT2D eigenvalue weighted by Crippen LogP contribution is 2.12. The first kappa shape index (κ1) is 59.0. The maximum atomic E-state index is 13.0. The monoisotopic (exact) mass is 876 g/mol. The second-order valence-corrected chi connectivity index (χ2v) is 16.3. The van der Waals surface area contributed by atoms with Gasteiger partial charge in [0.15, 0.2) is 6.29 Å². The molecule has 0 heterocycles. The standard InChI is InChI=1S/C52H93NO9/c1-6-11-14-17-20-21-22-23-24-25-26-27-28-31-34-38-49(54)60-45-48(47-62-52(56)59-44-37-41-53(9-4)10-5)46-61-50(55)39-40-51(57-42-35-32-29-18-15-12-7-2)58-43-36-33-30-19-16-13-8-3/h20-21,23-24,32-33,35-36,48,51H,6-19,22,25-31,34,37-47H2,1-5H3/b21-20-,24-23-,35-32-,36-33-. The van der Waals surface area contributed by atoms with Gasteiger partial charge in [-0.3, -0.25) is 9.59 Å². The van der Waals surface area contributed by atoms with Crippen LogP contribution in [0.4, 0.5) is 4.79 Å². The van der Waals surface area contributed by atoms with Gasteiger partial charge in [-0.15, -0.1) is 0 Å². The summed E-state index contributed by atoms with van der Waals surface area (Å²) in [5, 5.41) is 0. The molecule has 10 heteroatoms.